The number of aryl methyl sites for hydroxylation is 1. The van der Waals surface area contributed by atoms with Crippen LogP contribution in [0.3, 0.4) is 0 Å². The Labute approximate surface area is 127 Å². The molecule has 0 amide bonds. The number of benzene rings is 1. The van der Waals surface area contributed by atoms with E-state index in [1.165, 1.54) is 32.1 Å². The largest absolute Gasteiger partial charge is 0.493 e. The molecule has 0 unspecified atom stereocenters. The fourth-order valence-electron chi connectivity index (χ4n) is 3.09. The Balaban J connectivity index is 2.22. The molecular weight excluding hydrogens is 286 g/mol. The van der Waals surface area contributed by atoms with Crippen molar-refractivity contribution in [3.63, 3.8) is 0 Å². The van der Waals surface area contributed by atoms with E-state index in [1.807, 2.05) is 13.8 Å². The molecule has 5 heteroatoms. The maximum atomic E-state index is 11.6. The summed E-state index contributed by atoms with van der Waals surface area (Å²) in [5.41, 5.74) is 2.38. The van der Waals surface area contributed by atoms with Crippen LogP contribution in [0.25, 0.3) is 0 Å². The minimum atomic E-state index is -3.69. The van der Waals surface area contributed by atoms with Gasteiger partial charge in [0.15, 0.2) is 0 Å². The molecule has 1 aromatic carbocycles. The summed E-state index contributed by atoms with van der Waals surface area (Å²) in [6.07, 6.45) is 6.36. The predicted octanol–water partition coefficient (Wildman–Crippen LogP) is 3.22. The maximum absolute atomic E-state index is 11.6. The molecule has 0 bridgehead atoms. The molecule has 0 radical (unpaired) electrons. The lowest BCUT2D eigenvalue weighted by Crippen LogP contribution is -2.18. The summed E-state index contributed by atoms with van der Waals surface area (Å²) in [5, 5.41) is 5.27. The van der Waals surface area contributed by atoms with Crippen molar-refractivity contribution in [2.45, 2.75) is 57.8 Å². The molecule has 0 spiro atoms. The van der Waals surface area contributed by atoms with Gasteiger partial charge in [-0.05, 0) is 62.3 Å². The number of sulfonamides is 1. The van der Waals surface area contributed by atoms with Crippen molar-refractivity contribution in [1.29, 1.82) is 0 Å². The van der Waals surface area contributed by atoms with Gasteiger partial charge < -0.3 is 4.74 Å². The van der Waals surface area contributed by atoms with Crippen molar-refractivity contribution in [2.75, 3.05) is 6.61 Å². The first-order valence-electron chi connectivity index (χ1n) is 7.57. The van der Waals surface area contributed by atoms with E-state index in [4.69, 9.17) is 9.88 Å². The summed E-state index contributed by atoms with van der Waals surface area (Å²) in [6, 6.07) is 1.62. The summed E-state index contributed by atoms with van der Waals surface area (Å²) in [7, 11) is -3.69. The number of primary sulfonamides is 1. The van der Waals surface area contributed by atoms with Crippen LogP contribution in [0, 0.1) is 26.7 Å². The van der Waals surface area contributed by atoms with Gasteiger partial charge in [-0.15, -0.1) is 0 Å². The van der Waals surface area contributed by atoms with E-state index in [9.17, 15) is 8.42 Å². The molecule has 4 nitrogen and oxygen atoms in total. The van der Waals surface area contributed by atoms with Crippen molar-refractivity contribution in [3.05, 3.63) is 22.8 Å². The number of ether oxygens (including phenoxy) is 1. The van der Waals surface area contributed by atoms with E-state index in [-0.39, 0.29) is 4.90 Å². The first-order chi connectivity index (χ1) is 9.80. The van der Waals surface area contributed by atoms with Gasteiger partial charge in [-0.2, -0.15) is 0 Å². The summed E-state index contributed by atoms with van der Waals surface area (Å²) in [5.74, 6) is 1.43. The highest BCUT2D eigenvalue weighted by atomic mass is 32.2. The lowest BCUT2D eigenvalue weighted by atomic mass is 9.90. The van der Waals surface area contributed by atoms with Gasteiger partial charge >= 0.3 is 0 Å². The molecule has 0 atom stereocenters. The van der Waals surface area contributed by atoms with Crippen LogP contribution >= 0.6 is 0 Å². The lowest BCUT2D eigenvalue weighted by Gasteiger charge is -2.23. The second kappa shape index (κ2) is 6.36. The molecule has 1 aromatic rings. The normalized spacial score (nSPS) is 17.0. The fourth-order valence-corrected chi connectivity index (χ4v) is 4.01. The molecule has 1 aliphatic carbocycles. The van der Waals surface area contributed by atoms with E-state index in [1.54, 1.807) is 13.0 Å². The molecule has 0 saturated heterocycles. The average Bonchev–Trinajstić information content (AvgIpc) is 2.42. The van der Waals surface area contributed by atoms with Gasteiger partial charge in [0.2, 0.25) is 10.0 Å². The Morgan fingerprint density at radius 2 is 1.76 bits per heavy atom. The summed E-state index contributed by atoms with van der Waals surface area (Å²) in [4.78, 5) is 0.197. The Kier molecular flexibility index (Phi) is 4.94. The van der Waals surface area contributed by atoms with Gasteiger partial charge in [-0.25, -0.2) is 13.6 Å². The average molecular weight is 311 g/mol. The van der Waals surface area contributed by atoms with Crippen molar-refractivity contribution in [2.24, 2.45) is 11.1 Å². The lowest BCUT2D eigenvalue weighted by molar-refractivity contribution is 0.206. The number of nitrogens with two attached hydrogens (primary N) is 1. The topological polar surface area (TPSA) is 69.4 Å². The molecule has 2 rings (SSSR count). The first kappa shape index (κ1) is 16.3. The second-order valence-electron chi connectivity index (χ2n) is 6.13. The van der Waals surface area contributed by atoms with Crippen molar-refractivity contribution >= 4 is 10.0 Å². The fraction of sp³-hybridized carbons (Fsp3) is 0.625. The van der Waals surface area contributed by atoms with Crippen LogP contribution in [-0.4, -0.2) is 15.0 Å². The number of hydrogen-bond donors (Lipinski definition) is 1. The van der Waals surface area contributed by atoms with Crippen molar-refractivity contribution in [1.82, 2.24) is 0 Å². The molecule has 0 heterocycles. The monoisotopic (exact) mass is 311 g/mol. The Bertz CT molecular complexity index is 617. The van der Waals surface area contributed by atoms with Crippen LogP contribution in [0.15, 0.2) is 11.0 Å². The summed E-state index contributed by atoms with van der Waals surface area (Å²) in [6.45, 7) is 6.27. The van der Waals surface area contributed by atoms with Gasteiger partial charge in [-0.3, -0.25) is 0 Å². The maximum Gasteiger partial charge on any atom is 0.238 e. The minimum absolute atomic E-state index is 0.197. The molecule has 1 fully saturated rings. The van der Waals surface area contributed by atoms with Crippen LogP contribution < -0.4 is 9.88 Å². The molecule has 118 valence electrons. The van der Waals surface area contributed by atoms with E-state index in [0.717, 1.165) is 23.5 Å². The standard InChI is InChI=1S/C16H25NO3S/c1-11-9-15(21(17,18)19)12(2)13(3)16(11)20-10-14-7-5-4-6-8-14/h9,14H,4-8,10H2,1-3H3,(H2,17,18,19). The highest BCUT2D eigenvalue weighted by Gasteiger charge is 2.20. The van der Waals surface area contributed by atoms with Crippen LogP contribution in [0.5, 0.6) is 5.75 Å². The molecule has 0 aromatic heterocycles. The third kappa shape index (κ3) is 3.77. The molecule has 0 aliphatic heterocycles. The third-order valence-corrected chi connectivity index (χ3v) is 5.51. The first-order valence-corrected chi connectivity index (χ1v) is 9.11. The second-order valence-corrected chi connectivity index (χ2v) is 7.66. The van der Waals surface area contributed by atoms with E-state index >= 15 is 0 Å². The molecule has 21 heavy (non-hydrogen) atoms. The zero-order chi connectivity index (χ0) is 15.6. The smallest absolute Gasteiger partial charge is 0.238 e. The number of rotatable bonds is 4. The predicted molar refractivity (Wildman–Crippen MR) is 84.1 cm³/mol. The Hall–Kier alpha value is -1.07. The zero-order valence-corrected chi connectivity index (χ0v) is 13.9. The molecule has 1 aliphatic rings. The van der Waals surface area contributed by atoms with Crippen molar-refractivity contribution < 1.29 is 13.2 Å². The van der Waals surface area contributed by atoms with Gasteiger partial charge in [0.25, 0.3) is 0 Å². The summed E-state index contributed by atoms with van der Waals surface area (Å²) >= 11 is 0. The zero-order valence-electron chi connectivity index (χ0n) is 13.1. The highest BCUT2D eigenvalue weighted by Crippen LogP contribution is 2.32. The van der Waals surface area contributed by atoms with Gasteiger partial charge in [0, 0.05) is 0 Å². The van der Waals surface area contributed by atoms with Crippen LogP contribution in [-0.2, 0) is 10.0 Å². The molecule has 1 saturated carbocycles. The van der Waals surface area contributed by atoms with Crippen LogP contribution in [0.2, 0.25) is 0 Å². The van der Waals surface area contributed by atoms with E-state index < -0.39 is 10.0 Å². The minimum Gasteiger partial charge on any atom is -0.493 e. The number of hydrogen-bond acceptors (Lipinski definition) is 3. The molecular formula is C16H25NO3S. The van der Waals surface area contributed by atoms with E-state index in [2.05, 4.69) is 0 Å². The SMILES string of the molecule is Cc1cc(S(N)(=O)=O)c(C)c(C)c1OCC1CCCCC1. The van der Waals surface area contributed by atoms with Crippen molar-refractivity contribution in [3.8, 4) is 5.75 Å². The third-order valence-electron chi connectivity index (χ3n) is 4.47. The Morgan fingerprint density at radius 3 is 2.33 bits per heavy atom. The van der Waals surface area contributed by atoms with Gasteiger partial charge in [-0.1, -0.05) is 19.3 Å². The van der Waals surface area contributed by atoms with Gasteiger partial charge in [0.05, 0.1) is 11.5 Å². The van der Waals surface area contributed by atoms with Crippen LogP contribution in [0.4, 0.5) is 0 Å². The summed E-state index contributed by atoms with van der Waals surface area (Å²) < 4.78 is 29.2. The van der Waals surface area contributed by atoms with E-state index in [0.29, 0.717) is 11.5 Å². The quantitative estimate of drug-likeness (QED) is 0.928. The van der Waals surface area contributed by atoms with Gasteiger partial charge in [0.1, 0.15) is 5.75 Å². The highest BCUT2D eigenvalue weighted by molar-refractivity contribution is 7.89. The molecule has 2 N–H and O–H groups in total. The van der Waals surface area contributed by atoms with Crippen LogP contribution in [0.1, 0.15) is 48.8 Å². The Morgan fingerprint density at radius 1 is 1.14 bits per heavy atom.